The van der Waals surface area contributed by atoms with Gasteiger partial charge in [0.25, 0.3) is 0 Å². The summed E-state index contributed by atoms with van der Waals surface area (Å²) in [7, 11) is 0. The van der Waals surface area contributed by atoms with Gasteiger partial charge in [0.05, 0.1) is 5.60 Å². The van der Waals surface area contributed by atoms with Gasteiger partial charge in [-0.15, -0.1) is 0 Å². The zero-order valence-electron chi connectivity index (χ0n) is 7.75. The molecule has 3 heterocycles. The van der Waals surface area contributed by atoms with Gasteiger partial charge in [0, 0.05) is 25.6 Å². The van der Waals surface area contributed by atoms with E-state index in [0.717, 1.165) is 18.4 Å². The summed E-state index contributed by atoms with van der Waals surface area (Å²) in [4.78, 5) is 2.57. The van der Waals surface area contributed by atoms with E-state index in [9.17, 15) is 0 Å². The Balaban J connectivity index is 1.71. The average molecular weight is 167 g/mol. The van der Waals surface area contributed by atoms with Crippen molar-refractivity contribution in [3.63, 3.8) is 0 Å². The number of ether oxygens (including phenoxy) is 1. The molecule has 4 bridgehead atoms. The summed E-state index contributed by atoms with van der Waals surface area (Å²) in [6, 6.07) is 0. The predicted octanol–water partition coefficient (Wildman–Crippen LogP) is 1.12. The molecule has 4 atom stereocenters. The predicted molar refractivity (Wildman–Crippen MR) is 47.0 cm³/mol. The maximum absolute atomic E-state index is 6.01. The summed E-state index contributed by atoms with van der Waals surface area (Å²) in [5.74, 6) is 1.85. The smallest absolute Gasteiger partial charge is 0.0885 e. The zero-order valence-corrected chi connectivity index (χ0v) is 7.75. The molecule has 3 aliphatic heterocycles. The molecule has 0 amide bonds. The van der Waals surface area contributed by atoms with Crippen LogP contribution in [0.25, 0.3) is 0 Å². The quantitative estimate of drug-likeness (QED) is 0.624. The molecule has 2 heteroatoms. The van der Waals surface area contributed by atoms with E-state index in [4.69, 9.17) is 4.74 Å². The topological polar surface area (TPSA) is 12.5 Å². The molecule has 4 rings (SSSR count). The van der Waals surface area contributed by atoms with Crippen molar-refractivity contribution in [1.29, 1.82) is 0 Å². The van der Waals surface area contributed by atoms with E-state index >= 15 is 0 Å². The SMILES string of the molecule is CCCOC12CN3CCC1C2C3. The van der Waals surface area contributed by atoms with Gasteiger partial charge in [0.1, 0.15) is 0 Å². The molecule has 4 fully saturated rings. The van der Waals surface area contributed by atoms with Crippen molar-refractivity contribution >= 4 is 0 Å². The van der Waals surface area contributed by atoms with Crippen molar-refractivity contribution in [3.8, 4) is 0 Å². The molecule has 68 valence electrons. The van der Waals surface area contributed by atoms with Gasteiger partial charge in [-0.05, 0) is 25.3 Å². The molecule has 0 aromatic rings. The number of nitrogens with zero attached hydrogens (tertiary/aromatic N) is 1. The largest absolute Gasteiger partial charge is 0.373 e. The van der Waals surface area contributed by atoms with E-state index in [2.05, 4.69) is 11.8 Å². The highest BCUT2D eigenvalue weighted by atomic mass is 16.5. The third-order valence-electron chi connectivity index (χ3n) is 3.89. The lowest BCUT2D eigenvalue weighted by Gasteiger charge is -2.29. The Bertz CT molecular complexity index is 200. The first-order valence-electron chi connectivity index (χ1n) is 5.23. The second-order valence-electron chi connectivity index (χ2n) is 4.54. The maximum Gasteiger partial charge on any atom is 0.0885 e. The minimum Gasteiger partial charge on any atom is -0.373 e. The Kier molecular flexibility index (Phi) is 1.37. The van der Waals surface area contributed by atoms with Gasteiger partial charge < -0.3 is 9.64 Å². The second kappa shape index (κ2) is 2.24. The van der Waals surface area contributed by atoms with E-state index in [0.29, 0.717) is 5.60 Å². The molecule has 12 heavy (non-hydrogen) atoms. The minimum absolute atomic E-state index is 0.355. The standard InChI is InChI=1S/C10H17NO/c1-2-5-12-10-7-11-4-3-8(10)9(10)6-11/h8-9H,2-7H2,1H3. The molecule has 0 spiro atoms. The molecule has 0 aromatic carbocycles. The van der Waals surface area contributed by atoms with Crippen molar-refractivity contribution in [2.45, 2.75) is 25.4 Å². The van der Waals surface area contributed by atoms with E-state index in [-0.39, 0.29) is 0 Å². The molecule has 0 N–H and O–H groups in total. The van der Waals surface area contributed by atoms with Crippen LogP contribution >= 0.6 is 0 Å². The van der Waals surface area contributed by atoms with Gasteiger partial charge in [0.15, 0.2) is 0 Å². The zero-order chi connectivity index (χ0) is 8.18. The Morgan fingerprint density at radius 2 is 2.42 bits per heavy atom. The Morgan fingerprint density at radius 3 is 2.92 bits per heavy atom. The monoisotopic (exact) mass is 167 g/mol. The van der Waals surface area contributed by atoms with Crippen LogP contribution in [-0.2, 0) is 4.74 Å². The van der Waals surface area contributed by atoms with E-state index in [1.165, 1.54) is 32.5 Å². The number of hydrogen-bond donors (Lipinski definition) is 0. The Labute approximate surface area is 73.9 Å². The van der Waals surface area contributed by atoms with Crippen LogP contribution in [0.4, 0.5) is 0 Å². The summed E-state index contributed by atoms with van der Waals surface area (Å²) in [6.07, 6.45) is 2.57. The van der Waals surface area contributed by atoms with Gasteiger partial charge in [-0.2, -0.15) is 0 Å². The van der Waals surface area contributed by atoms with Crippen LogP contribution in [0, 0.1) is 11.8 Å². The van der Waals surface area contributed by atoms with Crippen LogP contribution < -0.4 is 0 Å². The number of hydrogen-bond acceptors (Lipinski definition) is 2. The van der Waals surface area contributed by atoms with Crippen LogP contribution in [0.15, 0.2) is 0 Å². The molecule has 3 saturated heterocycles. The molecule has 1 aliphatic carbocycles. The van der Waals surface area contributed by atoms with Crippen LogP contribution in [0.3, 0.4) is 0 Å². The lowest BCUT2D eigenvalue weighted by Crippen LogP contribution is -2.38. The summed E-state index contributed by atoms with van der Waals surface area (Å²) >= 11 is 0. The number of rotatable bonds is 3. The van der Waals surface area contributed by atoms with Crippen molar-refractivity contribution in [2.24, 2.45) is 11.8 Å². The molecule has 2 nitrogen and oxygen atoms in total. The van der Waals surface area contributed by atoms with E-state index < -0.39 is 0 Å². The molecule has 1 saturated carbocycles. The van der Waals surface area contributed by atoms with Crippen molar-refractivity contribution < 1.29 is 4.74 Å². The molecule has 0 radical (unpaired) electrons. The van der Waals surface area contributed by atoms with Crippen molar-refractivity contribution in [1.82, 2.24) is 4.90 Å². The molecule has 0 aromatic heterocycles. The third-order valence-corrected chi connectivity index (χ3v) is 3.89. The van der Waals surface area contributed by atoms with Crippen LogP contribution in [0.5, 0.6) is 0 Å². The fourth-order valence-corrected chi connectivity index (χ4v) is 3.27. The first-order valence-corrected chi connectivity index (χ1v) is 5.23. The summed E-state index contributed by atoms with van der Waals surface area (Å²) in [5, 5.41) is 0. The van der Waals surface area contributed by atoms with Crippen molar-refractivity contribution in [2.75, 3.05) is 26.2 Å². The fraction of sp³-hybridized carbons (Fsp3) is 1.00. The normalized spacial score (nSPS) is 54.2. The highest BCUT2D eigenvalue weighted by Crippen LogP contribution is 2.62. The lowest BCUT2D eigenvalue weighted by molar-refractivity contribution is -0.00260. The highest BCUT2D eigenvalue weighted by molar-refractivity contribution is 5.23. The van der Waals surface area contributed by atoms with Crippen molar-refractivity contribution in [3.05, 3.63) is 0 Å². The van der Waals surface area contributed by atoms with Gasteiger partial charge >= 0.3 is 0 Å². The Hall–Kier alpha value is -0.0800. The molecular formula is C10H17NO. The molecule has 4 unspecified atom stereocenters. The fourth-order valence-electron chi connectivity index (χ4n) is 3.27. The van der Waals surface area contributed by atoms with Gasteiger partial charge in [0.2, 0.25) is 0 Å². The lowest BCUT2D eigenvalue weighted by atomic mass is 10.1. The number of piperidine rings is 3. The average Bonchev–Trinajstić information content (AvgIpc) is 2.62. The van der Waals surface area contributed by atoms with Crippen LogP contribution in [0.1, 0.15) is 19.8 Å². The number of fused-ring (bicyclic) bond motifs is 1. The second-order valence-corrected chi connectivity index (χ2v) is 4.54. The van der Waals surface area contributed by atoms with E-state index in [1.54, 1.807) is 0 Å². The molecular weight excluding hydrogens is 150 g/mol. The summed E-state index contributed by atoms with van der Waals surface area (Å²) in [5.41, 5.74) is 0.355. The first kappa shape index (κ1) is 7.34. The van der Waals surface area contributed by atoms with Crippen LogP contribution in [0.2, 0.25) is 0 Å². The van der Waals surface area contributed by atoms with E-state index in [1.807, 2.05) is 0 Å². The maximum atomic E-state index is 6.01. The van der Waals surface area contributed by atoms with Crippen LogP contribution in [-0.4, -0.2) is 36.7 Å². The Morgan fingerprint density at radius 1 is 1.50 bits per heavy atom. The first-order chi connectivity index (χ1) is 5.87. The minimum atomic E-state index is 0.355. The third kappa shape index (κ3) is 0.728. The molecule has 4 aliphatic rings. The summed E-state index contributed by atoms with van der Waals surface area (Å²) in [6.45, 7) is 7.07. The van der Waals surface area contributed by atoms with Gasteiger partial charge in [-0.1, -0.05) is 6.92 Å². The summed E-state index contributed by atoms with van der Waals surface area (Å²) < 4.78 is 6.01. The van der Waals surface area contributed by atoms with Gasteiger partial charge in [-0.25, -0.2) is 0 Å². The highest BCUT2D eigenvalue weighted by Gasteiger charge is 2.71. The van der Waals surface area contributed by atoms with Gasteiger partial charge in [-0.3, -0.25) is 0 Å².